The molecule has 0 aliphatic heterocycles. The van der Waals surface area contributed by atoms with Crippen molar-refractivity contribution in [3.63, 3.8) is 0 Å². The summed E-state index contributed by atoms with van der Waals surface area (Å²) in [7, 11) is 0. The maximum Gasteiger partial charge on any atom is 0.346 e. The Balaban J connectivity index is 2.14. The highest BCUT2D eigenvalue weighted by molar-refractivity contribution is 7.21. The zero-order valence-corrected chi connectivity index (χ0v) is 17.9. The van der Waals surface area contributed by atoms with E-state index in [-0.39, 0.29) is 13.2 Å². The molecular formula is C21H28N2O2S2+2. The fourth-order valence-electron chi connectivity index (χ4n) is 3.42. The van der Waals surface area contributed by atoms with E-state index in [1.807, 2.05) is 6.07 Å². The van der Waals surface area contributed by atoms with Crippen molar-refractivity contribution in [1.82, 2.24) is 0 Å². The molecule has 2 heterocycles. The lowest BCUT2D eigenvalue weighted by atomic mass is 10.2. The SMILES string of the molecule is CC[n+]1c(-c2sc(CCO)c(C)[n+]2Cc2ccccc2)sc(CCO)c1C. The number of hydrogen-bond acceptors (Lipinski definition) is 4. The first kappa shape index (κ1) is 20.1. The zero-order valence-electron chi connectivity index (χ0n) is 16.2. The number of thiazole rings is 2. The number of benzene rings is 1. The van der Waals surface area contributed by atoms with Gasteiger partial charge in [0.25, 0.3) is 0 Å². The number of rotatable bonds is 8. The third-order valence-corrected chi connectivity index (χ3v) is 7.74. The normalized spacial score (nSPS) is 11.3. The number of hydrogen-bond donors (Lipinski definition) is 2. The lowest BCUT2D eigenvalue weighted by Crippen LogP contribution is -2.42. The average Bonchev–Trinajstić information content (AvgIpc) is 3.15. The van der Waals surface area contributed by atoms with Crippen LogP contribution in [-0.2, 0) is 25.9 Å². The number of aliphatic hydroxyl groups is 2. The molecule has 0 spiro atoms. The molecule has 144 valence electrons. The van der Waals surface area contributed by atoms with Crippen molar-refractivity contribution in [1.29, 1.82) is 0 Å². The summed E-state index contributed by atoms with van der Waals surface area (Å²) in [5, 5.41) is 21.4. The maximum atomic E-state index is 9.49. The van der Waals surface area contributed by atoms with Crippen LogP contribution in [0.15, 0.2) is 30.3 Å². The summed E-state index contributed by atoms with van der Waals surface area (Å²) in [5.74, 6) is 0. The molecule has 0 saturated heterocycles. The van der Waals surface area contributed by atoms with E-state index in [9.17, 15) is 10.2 Å². The van der Waals surface area contributed by atoms with Crippen LogP contribution in [0.5, 0.6) is 0 Å². The molecule has 2 aromatic heterocycles. The fraction of sp³-hybridized carbons (Fsp3) is 0.429. The van der Waals surface area contributed by atoms with Gasteiger partial charge in [-0.3, -0.25) is 0 Å². The van der Waals surface area contributed by atoms with Crippen molar-refractivity contribution in [2.24, 2.45) is 0 Å². The van der Waals surface area contributed by atoms with Gasteiger partial charge in [-0.25, -0.2) is 0 Å². The van der Waals surface area contributed by atoms with E-state index in [0.29, 0.717) is 12.8 Å². The minimum Gasteiger partial charge on any atom is -0.396 e. The van der Waals surface area contributed by atoms with Gasteiger partial charge in [0.2, 0.25) is 0 Å². The van der Waals surface area contributed by atoms with Crippen LogP contribution in [0.25, 0.3) is 10.0 Å². The van der Waals surface area contributed by atoms with Crippen LogP contribution in [0.3, 0.4) is 0 Å². The van der Waals surface area contributed by atoms with Crippen molar-refractivity contribution < 1.29 is 19.3 Å². The molecule has 4 nitrogen and oxygen atoms in total. The predicted molar refractivity (Wildman–Crippen MR) is 110 cm³/mol. The quantitative estimate of drug-likeness (QED) is 0.567. The van der Waals surface area contributed by atoms with Gasteiger partial charge < -0.3 is 10.2 Å². The van der Waals surface area contributed by atoms with E-state index in [2.05, 4.69) is 54.2 Å². The van der Waals surface area contributed by atoms with Crippen LogP contribution in [0.4, 0.5) is 0 Å². The number of nitrogens with zero attached hydrogens (tertiary/aromatic N) is 2. The molecule has 0 unspecified atom stereocenters. The summed E-state index contributed by atoms with van der Waals surface area (Å²) in [6, 6.07) is 10.5. The molecule has 0 atom stereocenters. The van der Waals surface area contributed by atoms with E-state index < -0.39 is 0 Å². The predicted octanol–water partition coefficient (Wildman–Crippen LogP) is 2.81. The molecule has 3 aromatic rings. The fourth-order valence-corrected chi connectivity index (χ4v) is 6.12. The maximum absolute atomic E-state index is 9.49. The first-order chi connectivity index (χ1) is 13.1. The summed E-state index contributed by atoms with van der Waals surface area (Å²) in [6.45, 7) is 8.53. The minimum atomic E-state index is 0.166. The van der Waals surface area contributed by atoms with Crippen molar-refractivity contribution in [3.05, 3.63) is 57.0 Å². The Morgan fingerprint density at radius 3 is 1.85 bits per heavy atom. The highest BCUT2D eigenvalue weighted by Gasteiger charge is 2.34. The summed E-state index contributed by atoms with van der Waals surface area (Å²) >= 11 is 3.57. The third kappa shape index (κ3) is 4.14. The molecule has 0 aliphatic carbocycles. The van der Waals surface area contributed by atoms with Gasteiger partial charge in [0, 0.05) is 45.5 Å². The molecule has 0 fully saturated rings. The Morgan fingerprint density at radius 2 is 1.33 bits per heavy atom. The third-order valence-electron chi connectivity index (χ3n) is 4.91. The van der Waals surface area contributed by atoms with Crippen LogP contribution in [0.2, 0.25) is 0 Å². The first-order valence-corrected chi connectivity index (χ1v) is 11.0. The smallest absolute Gasteiger partial charge is 0.346 e. The molecule has 3 rings (SSSR count). The van der Waals surface area contributed by atoms with E-state index >= 15 is 0 Å². The van der Waals surface area contributed by atoms with Crippen LogP contribution in [0.1, 0.15) is 33.6 Å². The van der Waals surface area contributed by atoms with Gasteiger partial charge in [0.1, 0.15) is 6.54 Å². The van der Waals surface area contributed by atoms with Crippen molar-refractivity contribution in [2.45, 2.75) is 46.7 Å². The molecule has 0 bridgehead atoms. The van der Waals surface area contributed by atoms with E-state index in [4.69, 9.17) is 0 Å². The zero-order chi connectivity index (χ0) is 19.4. The van der Waals surface area contributed by atoms with Crippen LogP contribution in [-0.4, -0.2) is 23.4 Å². The Kier molecular flexibility index (Phi) is 6.76. The Labute approximate surface area is 169 Å². The van der Waals surface area contributed by atoms with Gasteiger partial charge in [-0.05, 0) is 6.92 Å². The van der Waals surface area contributed by atoms with Gasteiger partial charge in [-0.15, -0.1) is 0 Å². The van der Waals surface area contributed by atoms with Gasteiger partial charge in [-0.1, -0.05) is 53.0 Å². The number of aliphatic hydroxyl groups excluding tert-OH is 2. The molecule has 1 aromatic carbocycles. The highest BCUT2D eigenvalue weighted by atomic mass is 32.1. The first-order valence-electron chi connectivity index (χ1n) is 9.40. The monoisotopic (exact) mass is 404 g/mol. The minimum absolute atomic E-state index is 0.166. The molecule has 6 heteroatoms. The van der Waals surface area contributed by atoms with Crippen LogP contribution in [0, 0.1) is 13.8 Å². The lowest BCUT2D eigenvalue weighted by molar-refractivity contribution is -0.709. The standard InChI is InChI=1S/C21H28N2O2S2/c1-4-22-15(2)18(10-12-24)26-20(22)21-23(14-17-8-6-5-7-9-17)16(3)19(27-21)11-13-25/h5-9,24-25H,4,10-14H2,1-3H3/q+2. The highest BCUT2D eigenvalue weighted by Crippen LogP contribution is 2.31. The van der Waals surface area contributed by atoms with Crippen LogP contribution >= 0.6 is 22.7 Å². The lowest BCUT2D eigenvalue weighted by Gasteiger charge is -2.00. The molecule has 0 saturated carbocycles. The van der Waals surface area contributed by atoms with Crippen molar-refractivity contribution >= 4 is 22.7 Å². The van der Waals surface area contributed by atoms with Crippen molar-refractivity contribution in [2.75, 3.05) is 13.2 Å². The molecular weight excluding hydrogens is 376 g/mol. The molecule has 27 heavy (non-hydrogen) atoms. The Morgan fingerprint density at radius 1 is 0.815 bits per heavy atom. The Hall–Kier alpha value is -1.60. The molecule has 0 radical (unpaired) electrons. The molecule has 0 amide bonds. The second-order valence-corrected chi connectivity index (χ2v) is 8.76. The summed E-state index contributed by atoms with van der Waals surface area (Å²) in [4.78, 5) is 2.48. The summed E-state index contributed by atoms with van der Waals surface area (Å²) in [5.41, 5.74) is 3.74. The van der Waals surface area contributed by atoms with Crippen LogP contribution < -0.4 is 9.13 Å². The van der Waals surface area contributed by atoms with Gasteiger partial charge >= 0.3 is 10.0 Å². The van der Waals surface area contributed by atoms with Gasteiger partial charge in [-0.2, -0.15) is 9.13 Å². The van der Waals surface area contributed by atoms with Gasteiger partial charge in [0.15, 0.2) is 17.9 Å². The largest absolute Gasteiger partial charge is 0.396 e. The molecule has 2 N–H and O–H groups in total. The van der Waals surface area contributed by atoms with E-state index in [1.54, 1.807) is 22.7 Å². The second-order valence-electron chi connectivity index (χ2n) is 6.59. The summed E-state index contributed by atoms with van der Waals surface area (Å²) in [6.07, 6.45) is 1.38. The van der Waals surface area contributed by atoms with E-state index in [1.165, 1.54) is 36.7 Å². The van der Waals surface area contributed by atoms with E-state index in [0.717, 1.165) is 13.1 Å². The van der Waals surface area contributed by atoms with Gasteiger partial charge in [0.05, 0.1) is 9.75 Å². The Bertz CT molecular complexity index is 901. The molecule has 0 aliphatic rings. The topological polar surface area (TPSA) is 48.2 Å². The summed E-state index contributed by atoms with van der Waals surface area (Å²) < 4.78 is 4.73. The average molecular weight is 405 g/mol. The second kappa shape index (κ2) is 9.06. The van der Waals surface area contributed by atoms with Crippen molar-refractivity contribution in [3.8, 4) is 10.0 Å². The number of aromatic nitrogens is 2.